The number of carboxylic acids is 1. The Morgan fingerprint density at radius 2 is 1.71 bits per heavy atom. The zero-order chi connectivity index (χ0) is 24.5. The average Bonchev–Trinajstić information content (AvgIpc) is 3.36. The first kappa shape index (κ1) is 23.7. The van der Waals surface area contributed by atoms with Crippen molar-refractivity contribution in [2.24, 2.45) is 5.41 Å². The van der Waals surface area contributed by atoms with Crippen molar-refractivity contribution in [3.05, 3.63) is 59.7 Å². The Kier molecular flexibility index (Phi) is 6.33. The summed E-state index contributed by atoms with van der Waals surface area (Å²) in [6, 6.07) is 15.3. The Morgan fingerprint density at radius 3 is 2.26 bits per heavy atom. The van der Waals surface area contributed by atoms with Crippen LogP contribution in [0.4, 0.5) is 4.79 Å². The fraction of sp³-hybridized carbons (Fsp3) is 0.400. The normalized spacial score (nSPS) is 22.9. The SMILES string of the molecule is CC(CO)(NC(=O)C1(C)COCC1NC(=O)OCC1c2ccccc2-c2ccccc21)C(=O)O. The average molecular weight is 469 g/mol. The fourth-order valence-electron chi connectivity index (χ4n) is 4.43. The third kappa shape index (κ3) is 4.12. The third-order valence-corrected chi connectivity index (χ3v) is 6.79. The molecule has 2 aromatic carbocycles. The molecule has 4 rings (SSSR count). The summed E-state index contributed by atoms with van der Waals surface area (Å²) in [5, 5.41) is 23.8. The molecule has 4 N–H and O–H groups in total. The van der Waals surface area contributed by atoms with Gasteiger partial charge in [0.15, 0.2) is 5.54 Å². The van der Waals surface area contributed by atoms with Crippen LogP contribution in [-0.4, -0.2) is 66.2 Å². The lowest BCUT2D eigenvalue weighted by molar-refractivity contribution is -0.150. The molecule has 9 heteroatoms. The van der Waals surface area contributed by atoms with E-state index in [9.17, 15) is 24.6 Å². The van der Waals surface area contributed by atoms with Crippen LogP contribution in [0.15, 0.2) is 48.5 Å². The van der Waals surface area contributed by atoms with Gasteiger partial charge in [-0.25, -0.2) is 9.59 Å². The molecule has 1 aliphatic heterocycles. The number of aliphatic hydroxyl groups excluding tert-OH is 1. The van der Waals surface area contributed by atoms with Crippen molar-refractivity contribution < 1.29 is 34.1 Å². The van der Waals surface area contributed by atoms with Crippen LogP contribution in [-0.2, 0) is 19.1 Å². The minimum atomic E-state index is -1.85. The van der Waals surface area contributed by atoms with Gasteiger partial charge in [-0.2, -0.15) is 0 Å². The number of benzene rings is 2. The number of hydrogen-bond acceptors (Lipinski definition) is 6. The van der Waals surface area contributed by atoms with E-state index in [0.717, 1.165) is 22.3 Å². The van der Waals surface area contributed by atoms with E-state index in [1.807, 2.05) is 48.5 Å². The predicted molar refractivity (Wildman–Crippen MR) is 122 cm³/mol. The number of carbonyl (C=O) groups is 3. The van der Waals surface area contributed by atoms with E-state index >= 15 is 0 Å². The van der Waals surface area contributed by atoms with Crippen LogP contribution >= 0.6 is 0 Å². The summed E-state index contributed by atoms with van der Waals surface area (Å²) >= 11 is 0. The predicted octanol–water partition coefficient (Wildman–Crippen LogP) is 1.88. The van der Waals surface area contributed by atoms with Gasteiger partial charge in [-0.05, 0) is 36.1 Å². The molecule has 0 aromatic heterocycles. The quantitative estimate of drug-likeness (QED) is 0.487. The molecule has 9 nitrogen and oxygen atoms in total. The first-order valence-electron chi connectivity index (χ1n) is 11.1. The first-order valence-corrected chi connectivity index (χ1v) is 11.1. The van der Waals surface area contributed by atoms with Crippen LogP contribution in [0.5, 0.6) is 0 Å². The number of rotatable bonds is 7. The van der Waals surface area contributed by atoms with Gasteiger partial charge in [-0.1, -0.05) is 48.5 Å². The van der Waals surface area contributed by atoms with Gasteiger partial charge in [-0.15, -0.1) is 0 Å². The number of aliphatic hydroxyl groups is 1. The highest BCUT2D eigenvalue weighted by Gasteiger charge is 2.50. The van der Waals surface area contributed by atoms with Crippen molar-refractivity contribution >= 4 is 18.0 Å². The number of hydrogen-bond donors (Lipinski definition) is 4. The number of carboxylic acid groups (broad SMARTS) is 1. The van der Waals surface area contributed by atoms with Gasteiger partial charge in [0.1, 0.15) is 6.61 Å². The van der Waals surface area contributed by atoms with Gasteiger partial charge < -0.3 is 30.3 Å². The minimum absolute atomic E-state index is 0.0196. The molecule has 0 saturated carbocycles. The Balaban J connectivity index is 1.42. The van der Waals surface area contributed by atoms with Gasteiger partial charge in [-0.3, -0.25) is 4.79 Å². The molecule has 3 unspecified atom stereocenters. The number of amides is 2. The molecule has 180 valence electrons. The van der Waals surface area contributed by atoms with E-state index < -0.39 is 41.6 Å². The zero-order valence-corrected chi connectivity index (χ0v) is 19.0. The molecule has 2 aliphatic rings. The van der Waals surface area contributed by atoms with Crippen molar-refractivity contribution in [2.45, 2.75) is 31.3 Å². The molecule has 2 amide bonds. The second kappa shape index (κ2) is 9.08. The van der Waals surface area contributed by atoms with E-state index in [1.165, 1.54) is 6.92 Å². The van der Waals surface area contributed by atoms with Crippen LogP contribution in [0.3, 0.4) is 0 Å². The summed E-state index contributed by atoms with van der Waals surface area (Å²) < 4.78 is 11.0. The maximum absolute atomic E-state index is 12.9. The number of carbonyl (C=O) groups excluding carboxylic acids is 2. The monoisotopic (exact) mass is 468 g/mol. The Morgan fingerprint density at radius 1 is 1.12 bits per heavy atom. The maximum atomic E-state index is 12.9. The lowest BCUT2D eigenvalue weighted by Crippen LogP contribution is -2.61. The molecule has 0 spiro atoms. The van der Waals surface area contributed by atoms with Gasteiger partial charge in [0.2, 0.25) is 5.91 Å². The largest absolute Gasteiger partial charge is 0.479 e. The van der Waals surface area contributed by atoms with Gasteiger partial charge in [0, 0.05) is 5.92 Å². The molecule has 1 saturated heterocycles. The van der Waals surface area contributed by atoms with Crippen molar-refractivity contribution in [1.29, 1.82) is 0 Å². The van der Waals surface area contributed by atoms with Crippen LogP contribution in [0.25, 0.3) is 11.1 Å². The fourth-order valence-corrected chi connectivity index (χ4v) is 4.43. The van der Waals surface area contributed by atoms with E-state index in [-0.39, 0.29) is 25.7 Å². The summed E-state index contributed by atoms with van der Waals surface area (Å²) in [6.45, 7) is 2.17. The topological polar surface area (TPSA) is 134 Å². The van der Waals surface area contributed by atoms with E-state index in [4.69, 9.17) is 9.47 Å². The molecule has 3 atom stereocenters. The molecule has 0 radical (unpaired) electrons. The summed E-state index contributed by atoms with van der Waals surface area (Å²) in [6.07, 6.45) is -0.695. The molecular formula is C25H28N2O7. The molecule has 1 fully saturated rings. The van der Waals surface area contributed by atoms with Crippen molar-refractivity contribution in [2.75, 3.05) is 26.4 Å². The van der Waals surface area contributed by atoms with Crippen LogP contribution < -0.4 is 10.6 Å². The number of nitrogens with one attached hydrogen (secondary N) is 2. The highest BCUT2D eigenvalue weighted by Crippen LogP contribution is 2.44. The number of ether oxygens (including phenoxy) is 2. The molecule has 2 aromatic rings. The summed E-state index contributed by atoms with van der Waals surface area (Å²) in [5.41, 5.74) is 1.31. The number of aliphatic carboxylic acids is 1. The lowest BCUT2D eigenvalue weighted by atomic mass is 9.83. The second-order valence-electron chi connectivity index (χ2n) is 9.20. The molecule has 1 heterocycles. The van der Waals surface area contributed by atoms with Gasteiger partial charge >= 0.3 is 12.1 Å². The molecule has 0 bridgehead atoms. The summed E-state index contributed by atoms with van der Waals surface area (Å²) in [7, 11) is 0. The van der Waals surface area contributed by atoms with Crippen LogP contribution in [0, 0.1) is 5.41 Å². The minimum Gasteiger partial charge on any atom is -0.479 e. The Labute approximate surface area is 197 Å². The standard InChI is InChI=1S/C25H28N2O7/c1-24(21(29)27-25(2,13-28)22(30)31)14-33-12-20(24)26-23(32)34-11-19-17-9-5-3-7-15(17)16-8-4-6-10-18(16)19/h3-10,19-20,28H,11-14H2,1-2H3,(H,26,32)(H,27,29)(H,30,31). The molecule has 34 heavy (non-hydrogen) atoms. The maximum Gasteiger partial charge on any atom is 0.407 e. The van der Waals surface area contributed by atoms with Crippen molar-refractivity contribution in [1.82, 2.24) is 10.6 Å². The smallest absolute Gasteiger partial charge is 0.407 e. The Hall–Kier alpha value is -3.43. The highest BCUT2D eigenvalue weighted by molar-refractivity contribution is 5.91. The summed E-state index contributed by atoms with van der Waals surface area (Å²) in [5.74, 6) is -2.12. The zero-order valence-electron chi connectivity index (χ0n) is 19.0. The van der Waals surface area contributed by atoms with Gasteiger partial charge in [0.05, 0.1) is 31.3 Å². The van der Waals surface area contributed by atoms with Crippen molar-refractivity contribution in [3.63, 3.8) is 0 Å². The highest BCUT2D eigenvalue weighted by atomic mass is 16.5. The molecule has 1 aliphatic carbocycles. The number of fused-ring (bicyclic) bond motifs is 3. The second-order valence-corrected chi connectivity index (χ2v) is 9.20. The first-order chi connectivity index (χ1) is 16.2. The molecular weight excluding hydrogens is 440 g/mol. The van der Waals surface area contributed by atoms with Crippen LogP contribution in [0.1, 0.15) is 30.9 Å². The number of alkyl carbamates (subject to hydrolysis) is 1. The Bertz CT molecular complexity index is 1070. The van der Waals surface area contributed by atoms with Crippen molar-refractivity contribution in [3.8, 4) is 11.1 Å². The summed E-state index contributed by atoms with van der Waals surface area (Å²) in [4.78, 5) is 37.1. The third-order valence-electron chi connectivity index (χ3n) is 6.79. The van der Waals surface area contributed by atoms with Crippen LogP contribution in [0.2, 0.25) is 0 Å². The van der Waals surface area contributed by atoms with E-state index in [1.54, 1.807) is 6.92 Å². The lowest BCUT2D eigenvalue weighted by Gasteiger charge is -2.33. The van der Waals surface area contributed by atoms with Gasteiger partial charge in [0.25, 0.3) is 0 Å². The van der Waals surface area contributed by atoms with E-state index in [0.29, 0.717) is 0 Å². The van der Waals surface area contributed by atoms with E-state index in [2.05, 4.69) is 10.6 Å².